The molecule has 1 saturated heterocycles. The fraction of sp³-hybridized carbons (Fsp3) is 0.462. The van der Waals surface area contributed by atoms with E-state index in [2.05, 4.69) is 0 Å². The standard InChI is InChI=1S/C13H17FN2O2/c1-9-4-10(6-11(14)5-9)7-16-3-2-13(15,8-16)12(17)18/h4-6H,2-3,7-8,15H2,1H3,(H,17,18). The van der Waals surface area contributed by atoms with Crippen LogP contribution >= 0.6 is 0 Å². The number of nitrogens with two attached hydrogens (primary N) is 1. The molecule has 1 unspecified atom stereocenters. The zero-order valence-corrected chi connectivity index (χ0v) is 10.3. The number of rotatable bonds is 3. The third-order valence-electron chi connectivity index (χ3n) is 3.31. The molecule has 1 atom stereocenters. The van der Waals surface area contributed by atoms with Gasteiger partial charge in [-0.25, -0.2) is 4.39 Å². The number of benzene rings is 1. The summed E-state index contributed by atoms with van der Waals surface area (Å²) in [4.78, 5) is 13.0. The third kappa shape index (κ3) is 2.68. The average molecular weight is 252 g/mol. The molecule has 5 heteroatoms. The van der Waals surface area contributed by atoms with Gasteiger partial charge in [0.2, 0.25) is 0 Å². The molecular formula is C13H17FN2O2. The summed E-state index contributed by atoms with van der Waals surface area (Å²) in [5.41, 5.74) is 6.34. The van der Waals surface area contributed by atoms with Gasteiger partial charge in [0.1, 0.15) is 11.4 Å². The number of aliphatic carboxylic acids is 1. The second-order valence-corrected chi connectivity index (χ2v) is 5.06. The van der Waals surface area contributed by atoms with Gasteiger partial charge >= 0.3 is 5.97 Å². The van der Waals surface area contributed by atoms with Gasteiger partial charge in [-0.2, -0.15) is 0 Å². The van der Waals surface area contributed by atoms with Crippen molar-refractivity contribution in [2.75, 3.05) is 13.1 Å². The third-order valence-corrected chi connectivity index (χ3v) is 3.31. The topological polar surface area (TPSA) is 66.6 Å². The lowest BCUT2D eigenvalue weighted by Gasteiger charge is -2.20. The molecule has 0 radical (unpaired) electrons. The zero-order chi connectivity index (χ0) is 13.3. The molecular weight excluding hydrogens is 235 g/mol. The monoisotopic (exact) mass is 252 g/mol. The van der Waals surface area contributed by atoms with Gasteiger partial charge in [-0.05, 0) is 36.6 Å². The smallest absolute Gasteiger partial charge is 0.325 e. The number of hydrogen-bond donors (Lipinski definition) is 2. The Labute approximate surface area is 105 Å². The Morgan fingerprint density at radius 3 is 2.83 bits per heavy atom. The van der Waals surface area contributed by atoms with Crippen molar-refractivity contribution in [2.45, 2.75) is 25.4 Å². The predicted molar refractivity (Wildman–Crippen MR) is 65.6 cm³/mol. The molecule has 0 saturated carbocycles. The molecule has 1 aromatic rings. The first kappa shape index (κ1) is 13.0. The van der Waals surface area contributed by atoms with E-state index in [0.717, 1.165) is 11.1 Å². The molecule has 1 heterocycles. The van der Waals surface area contributed by atoms with Crippen LogP contribution in [-0.2, 0) is 11.3 Å². The fourth-order valence-corrected chi connectivity index (χ4v) is 2.39. The summed E-state index contributed by atoms with van der Waals surface area (Å²) in [6.45, 7) is 3.29. The molecule has 1 aromatic carbocycles. The van der Waals surface area contributed by atoms with Gasteiger partial charge in [0.15, 0.2) is 0 Å². The zero-order valence-electron chi connectivity index (χ0n) is 10.3. The molecule has 3 N–H and O–H groups in total. The van der Waals surface area contributed by atoms with Gasteiger partial charge in [-0.1, -0.05) is 6.07 Å². The van der Waals surface area contributed by atoms with E-state index in [-0.39, 0.29) is 5.82 Å². The van der Waals surface area contributed by atoms with E-state index in [0.29, 0.717) is 26.1 Å². The average Bonchev–Trinajstić information content (AvgIpc) is 2.60. The summed E-state index contributed by atoms with van der Waals surface area (Å²) in [6.07, 6.45) is 0.427. The fourth-order valence-electron chi connectivity index (χ4n) is 2.39. The van der Waals surface area contributed by atoms with Crippen molar-refractivity contribution >= 4 is 5.97 Å². The molecule has 0 aliphatic carbocycles. The highest BCUT2D eigenvalue weighted by molar-refractivity contribution is 5.79. The number of likely N-dealkylation sites (tertiary alicyclic amines) is 1. The van der Waals surface area contributed by atoms with Gasteiger partial charge in [0.05, 0.1) is 0 Å². The molecule has 0 amide bonds. The maximum absolute atomic E-state index is 13.2. The molecule has 18 heavy (non-hydrogen) atoms. The lowest BCUT2D eigenvalue weighted by Crippen LogP contribution is -2.50. The molecule has 98 valence electrons. The number of aryl methyl sites for hydroxylation is 1. The van der Waals surface area contributed by atoms with Crippen molar-refractivity contribution in [1.82, 2.24) is 4.90 Å². The Kier molecular flexibility index (Phi) is 3.36. The number of carboxylic acids is 1. The lowest BCUT2D eigenvalue weighted by atomic mass is 10.0. The summed E-state index contributed by atoms with van der Waals surface area (Å²) in [5.74, 6) is -1.23. The van der Waals surface area contributed by atoms with E-state index in [1.165, 1.54) is 12.1 Å². The van der Waals surface area contributed by atoms with Gasteiger partial charge in [0, 0.05) is 19.6 Å². The number of hydrogen-bond acceptors (Lipinski definition) is 3. The van der Waals surface area contributed by atoms with Gasteiger partial charge in [0.25, 0.3) is 0 Å². The maximum Gasteiger partial charge on any atom is 0.325 e. The van der Waals surface area contributed by atoms with Crippen molar-refractivity contribution in [3.8, 4) is 0 Å². The second kappa shape index (κ2) is 4.66. The van der Waals surface area contributed by atoms with Gasteiger partial charge < -0.3 is 10.8 Å². The first-order chi connectivity index (χ1) is 8.39. The van der Waals surface area contributed by atoms with Crippen molar-refractivity contribution in [2.24, 2.45) is 5.73 Å². The van der Waals surface area contributed by atoms with E-state index in [1.807, 2.05) is 17.9 Å². The first-order valence-electron chi connectivity index (χ1n) is 5.90. The normalized spacial score (nSPS) is 24.4. The molecule has 1 fully saturated rings. The van der Waals surface area contributed by atoms with Gasteiger partial charge in [-0.3, -0.25) is 9.69 Å². The summed E-state index contributed by atoms with van der Waals surface area (Å²) >= 11 is 0. The van der Waals surface area contributed by atoms with Crippen LogP contribution in [0.3, 0.4) is 0 Å². The van der Waals surface area contributed by atoms with Crippen LogP contribution in [0.4, 0.5) is 4.39 Å². The number of carboxylic acid groups (broad SMARTS) is 1. The maximum atomic E-state index is 13.2. The van der Waals surface area contributed by atoms with Crippen LogP contribution in [-0.4, -0.2) is 34.6 Å². The Hall–Kier alpha value is -1.46. The summed E-state index contributed by atoms with van der Waals surface area (Å²) < 4.78 is 13.2. The van der Waals surface area contributed by atoms with E-state index in [1.54, 1.807) is 0 Å². The molecule has 4 nitrogen and oxygen atoms in total. The lowest BCUT2D eigenvalue weighted by molar-refractivity contribution is -0.142. The minimum Gasteiger partial charge on any atom is -0.480 e. The summed E-state index contributed by atoms with van der Waals surface area (Å²) in [5, 5.41) is 9.03. The highest BCUT2D eigenvalue weighted by atomic mass is 19.1. The Bertz CT molecular complexity index is 458. The Morgan fingerprint density at radius 1 is 1.56 bits per heavy atom. The Balaban J connectivity index is 2.06. The molecule has 0 aromatic heterocycles. The molecule has 0 spiro atoms. The van der Waals surface area contributed by atoms with Crippen molar-refractivity contribution in [1.29, 1.82) is 0 Å². The summed E-state index contributed by atoms with van der Waals surface area (Å²) in [7, 11) is 0. The Morgan fingerprint density at radius 2 is 2.28 bits per heavy atom. The van der Waals surface area contributed by atoms with E-state index in [4.69, 9.17) is 10.8 Å². The number of halogens is 1. The van der Waals surface area contributed by atoms with Crippen LogP contribution in [0.5, 0.6) is 0 Å². The first-order valence-corrected chi connectivity index (χ1v) is 5.90. The predicted octanol–water partition coefficient (Wildman–Crippen LogP) is 1.12. The molecule has 1 aliphatic heterocycles. The second-order valence-electron chi connectivity index (χ2n) is 5.06. The molecule has 2 rings (SSSR count). The quantitative estimate of drug-likeness (QED) is 0.846. The van der Waals surface area contributed by atoms with E-state index >= 15 is 0 Å². The van der Waals surface area contributed by atoms with Crippen LogP contribution in [0.1, 0.15) is 17.5 Å². The van der Waals surface area contributed by atoms with E-state index in [9.17, 15) is 9.18 Å². The van der Waals surface area contributed by atoms with Crippen molar-refractivity contribution in [3.63, 3.8) is 0 Å². The minimum atomic E-state index is -1.16. The van der Waals surface area contributed by atoms with Crippen molar-refractivity contribution < 1.29 is 14.3 Å². The molecule has 1 aliphatic rings. The van der Waals surface area contributed by atoms with Crippen LogP contribution in [0, 0.1) is 12.7 Å². The van der Waals surface area contributed by atoms with Gasteiger partial charge in [-0.15, -0.1) is 0 Å². The summed E-state index contributed by atoms with van der Waals surface area (Å²) in [6, 6.07) is 4.85. The van der Waals surface area contributed by atoms with Crippen LogP contribution in [0.25, 0.3) is 0 Å². The molecule has 0 bridgehead atoms. The number of nitrogens with zero attached hydrogens (tertiary/aromatic N) is 1. The van der Waals surface area contributed by atoms with Crippen molar-refractivity contribution in [3.05, 3.63) is 35.1 Å². The highest BCUT2D eigenvalue weighted by Crippen LogP contribution is 2.21. The minimum absolute atomic E-state index is 0.263. The van der Waals surface area contributed by atoms with E-state index < -0.39 is 11.5 Å². The van der Waals surface area contributed by atoms with Crippen LogP contribution in [0.2, 0.25) is 0 Å². The van der Waals surface area contributed by atoms with Crippen LogP contribution < -0.4 is 5.73 Å². The highest BCUT2D eigenvalue weighted by Gasteiger charge is 2.40. The number of carbonyl (C=O) groups is 1. The largest absolute Gasteiger partial charge is 0.480 e. The van der Waals surface area contributed by atoms with Crippen LogP contribution in [0.15, 0.2) is 18.2 Å². The SMILES string of the molecule is Cc1cc(F)cc(CN2CCC(N)(C(=O)O)C2)c1.